The van der Waals surface area contributed by atoms with E-state index in [2.05, 4.69) is 28.2 Å². The average molecular weight is 547 g/mol. The molecule has 10 heteroatoms. The summed E-state index contributed by atoms with van der Waals surface area (Å²) in [5.74, 6) is 0.878. The topological polar surface area (TPSA) is 109 Å². The number of anilines is 2. The number of rotatable bonds is 5. The fourth-order valence-electron chi connectivity index (χ4n) is 6.89. The molecule has 3 aliphatic rings. The first-order valence-corrected chi connectivity index (χ1v) is 13.9. The maximum absolute atomic E-state index is 12.0. The summed E-state index contributed by atoms with van der Waals surface area (Å²) in [6.07, 6.45) is 8.56. The van der Waals surface area contributed by atoms with Crippen LogP contribution in [0.4, 0.5) is 11.5 Å². The van der Waals surface area contributed by atoms with Crippen molar-refractivity contribution in [2.45, 2.75) is 52.1 Å². The van der Waals surface area contributed by atoms with Crippen LogP contribution in [-0.2, 0) is 24.8 Å². The largest absolute Gasteiger partial charge is 0.398 e. The second kappa shape index (κ2) is 9.26. The lowest BCUT2D eigenvalue weighted by molar-refractivity contribution is -0.149. The Morgan fingerprint density at radius 3 is 2.72 bits per heavy atom. The molecule has 2 aliphatic heterocycles. The van der Waals surface area contributed by atoms with Gasteiger partial charge in [0.05, 0.1) is 17.3 Å². The van der Waals surface area contributed by atoms with Crippen molar-refractivity contribution in [3.63, 3.8) is 0 Å². The molecule has 1 saturated heterocycles. The number of aromatic nitrogens is 4. The fraction of sp³-hybridized carbons (Fsp3) is 0.448. The van der Waals surface area contributed by atoms with Crippen LogP contribution < -0.4 is 10.6 Å². The predicted octanol–water partition coefficient (Wildman–Crippen LogP) is 4.44. The van der Waals surface area contributed by atoms with Crippen molar-refractivity contribution in [1.29, 1.82) is 5.41 Å². The molecule has 3 aromatic rings. The van der Waals surface area contributed by atoms with E-state index in [-0.39, 0.29) is 17.4 Å². The van der Waals surface area contributed by atoms with Gasteiger partial charge < -0.3 is 20.9 Å². The summed E-state index contributed by atoms with van der Waals surface area (Å²) < 4.78 is 4.13. The number of nitrogens with zero attached hydrogens (tertiary/aromatic N) is 6. The number of hydrogen-bond acceptors (Lipinski definition) is 6. The Kier molecular flexibility index (Phi) is 6.10. The molecular weight excluding hydrogens is 512 g/mol. The number of fused-ring (bicyclic) bond motifs is 1. The minimum Gasteiger partial charge on any atom is -0.398 e. The number of aryl methyl sites for hydroxylation is 2. The predicted molar refractivity (Wildman–Crippen MR) is 155 cm³/mol. The van der Waals surface area contributed by atoms with Gasteiger partial charge in [0.15, 0.2) is 5.82 Å². The van der Waals surface area contributed by atoms with Crippen molar-refractivity contribution in [1.82, 2.24) is 24.5 Å². The number of carbonyl (C=O) groups is 1. The monoisotopic (exact) mass is 546 g/mol. The molecule has 39 heavy (non-hydrogen) atoms. The molecule has 0 radical (unpaired) electrons. The molecule has 2 fully saturated rings. The van der Waals surface area contributed by atoms with E-state index in [0.717, 1.165) is 73.5 Å². The number of likely N-dealkylation sites (tertiary alicyclic amines) is 1. The molecule has 6 rings (SSSR count). The standard InChI is InChI=1S/C29H35ClN8O/c1-5-24(39)37-15-29(16-37)10-20(11-29)38-18(3)25(26-21(12-31)22(32)9-17(2)27(26)30)28(34-38)36-8-6-7-23-19(14-36)13-33-35(23)4/h5,9,12-13,20,31H,1,6-8,10-11,14-16,32H2,2-4H3. The zero-order chi connectivity index (χ0) is 27.6. The Hall–Kier alpha value is -3.59. The van der Waals surface area contributed by atoms with Crippen molar-refractivity contribution < 1.29 is 4.79 Å². The van der Waals surface area contributed by atoms with Gasteiger partial charge in [-0.25, -0.2) is 0 Å². The summed E-state index contributed by atoms with van der Waals surface area (Å²) in [5.41, 5.74) is 13.8. The van der Waals surface area contributed by atoms with Gasteiger partial charge in [0, 0.05) is 84.2 Å². The molecule has 1 aromatic carbocycles. The maximum atomic E-state index is 12.0. The van der Waals surface area contributed by atoms with Crippen LogP contribution in [0.5, 0.6) is 0 Å². The summed E-state index contributed by atoms with van der Waals surface area (Å²) in [5, 5.41) is 18.6. The second-order valence-corrected chi connectivity index (χ2v) is 11.9. The highest BCUT2D eigenvalue weighted by molar-refractivity contribution is 6.35. The lowest BCUT2D eigenvalue weighted by Crippen LogP contribution is -2.63. The van der Waals surface area contributed by atoms with Crippen molar-refractivity contribution in [3.05, 3.63) is 58.0 Å². The second-order valence-electron chi connectivity index (χ2n) is 11.5. The lowest BCUT2D eigenvalue weighted by atomic mass is 9.60. The number of hydrogen-bond donors (Lipinski definition) is 2. The molecule has 0 unspecified atom stereocenters. The lowest BCUT2D eigenvalue weighted by Gasteiger charge is -2.58. The van der Waals surface area contributed by atoms with Crippen LogP contribution in [0.15, 0.2) is 24.9 Å². The van der Waals surface area contributed by atoms with E-state index in [1.54, 1.807) is 0 Å². The summed E-state index contributed by atoms with van der Waals surface area (Å²) in [6.45, 7) is 10.8. The normalized spacial score (nSPS) is 18.4. The van der Waals surface area contributed by atoms with Gasteiger partial charge in [-0.1, -0.05) is 18.2 Å². The van der Waals surface area contributed by atoms with E-state index in [1.165, 1.54) is 23.5 Å². The summed E-state index contributed by atoms with van der Waals surface area (Å²) >= 11 is 6.98. The van der Waals surface area contributed by atoms with Crippen LogP contribution in [0.1, 0.15) is 53.4 Å². The number of nitrogens with one attached hydrogen (secondary N) is 1. The first-order valence-electron chi connectivity index (χ1n) is 13.5. The molecule has 9 nitrogen and oxygen atoms in total. The number of nitrogen functional groups attached to an aromatic ring is 1. The Bertz CT molecular complexity index is 1500. The molecular formula is C29H35ClN8O. The van der Waals surface area contributed by atoms with E-state index in [0.29, 0.717) is 22.8 Å². The van der Waals surface area contributed by atoms with Crippen LogP contribution in [-0.4, -0.2) is 56.2 Å². The number of amides is 1. The van der Waals surface area contributed by atoms with Crippen molar-refractivity contribution in [2.24, 2.45) is 12.5 Å². The zero-order valence-electron chi connectivity index (χ0n) is 22.8. The van der Waals surface area contributed by atoms with Gasteiger partial charge >= 0.3 is 0 Å². The van der Waals surface area contributed by atoms with Crippen LogP contribution in [0, 0.1) is 24.7 Å². The van der Waals surface area contributed by atoms with Crippen molar-refractivity contribution in [2.75, 3.05) is 30.3 Å². The fourth-order valence-corrected chi connectivity index (χ4v) is 7.14. The van der Waals surface area contributed by atoms with Crippen LogP contribution in [0.2, 0.25) is 5.02 Å². The first kappa shape index (κ1) is 25.7. The average Bonchev–Trinajstić information content (AvgIpc) is 3.28. The highest BCUT2D eigenvalue weighted by atomic mass is 35.5. The Balaban J connectivity index is 1.43. The molecule has 1 amide bonds. The molecule has 3 N–H and O–H groups in total. The molecule has 1 spiro atoms. The summed E-state index contributed by atoms with van der Waals surface area (Å²) in [4.78, 5) is 16.2. The molecule has 1 aliphatic carbocycles. The highest BCUT2D eigenvalue weighted by Crippen LogP contribution is 2.55. The molecule has 0 bridgehead atoms. The minimum atomic E-state index is 0.00528. The SMILES string of the molecule is C=CC(=O)N1CC2(CC(n3nc(N4CCCc5c(cnn5C)C4)c(-c4c(Cl)c(C)cc(N)c4C=N)c3C)C2)C1. The molecule has 204 valence electrons. The number of halogens is 1. The van der Waals surface area contributed by atoms with Gasteiger partial charge in [-0.2, -0.15) is 10.2 Å². The third-order valence-electron chi connectivity index (χ3n) is 8.92. The molecule has 2 aromatic heterocycles. The smallest absolute Gasteiger partial charge is 0.245 e. The van der Waals surface area contributed by atoms with Gasteiger partial charge in [-0.15, -0.1) is 0 Å². The van der Waals surface area contributed by atoms with Gasteiger partial charge in [0.1, 0.15) is 0 Å². The van der Waals surface area contributed by atoms with Gasteiger partial charge in [0.25, 0.3) is 0 Å². The van der Waals surface area contributed by atoms with Gasteiger partial charge in [-0.05, 0) is 57.2 Å². The summed E-state index contributed by atoms with van der Waals surface area (Å²) in [7, 11) is 2.00. The van der Waals surface area contributed by atoms with Gasteiger partial charge in [-0.3, -0.25) is 14.2 Å². The van der Waals surface area contributed by atoms with Crippen molar-refractivity contribution in [3.8, 4) is 11.1 Å². The van der Waals surface area contributed by atoms with Crippen LogP contribution in [0.25, 0.3) is 11.1 Å². The number of carbonyl (C=O) groups excluding carboxylic acids is 1. The summed E-state index contributed by atoms with van der Waals surface area (Å²) in [6, 6.07) is 2.07. The van der Waals surface area contributed by atoms with Crippen molar-refractivity contribution >= 4 is 35.2 Å². The number of nitrogens with two attached hydrogens (primary N) is 1. The quantitative estimate of drug-likeness (QED) is 0.279. The Morgan fingerprint density at radius 2 is 2.03 bits per heavy atom. The van der Waals surface area contributed by atoms with E-state index < -0.39 is 0 Å². The Morgan fingerprint density at radius 1 is 1.28 bits per heavy atom. The third-order valence-corrected chi connectivity index (χ3v) is 9.40. The van der Waals surface area contributed by atoms with Crippen LogP contribution in [0.3, 0.4) is 0 Å². The molecule has 4 heterocycles. The third kappa shape index (κ3) is 3.97. The van der Waals surface area contributed by atoms with E-state index in [4.69, 9.17) is 27.8 Å². The molecule has 1 saturated carbocycles. The van der Waals surface area contributed by atoms with E-state index in [1.807, 2.05) is 35.8 Å². The van der Waals surface area contributed by atoms with Gasteiger partial charge in [0.2, 0.25) is 5.91 Å². The van der Waals surface area contributed by atoms with E-state index in [9.17, 15) is 4.79 Å². The number of benzene rings is 1. The maximum Gasteiger partial charge on any atom is 0.245 e. The Labute approximate surface area is 233 Å². The zero-order valence-corrected chi connectivity index (χ0v) is 23.6. The molecule has 0 atom stereocenters. The highest BCUT2D eigenvalue weighted by Gasteiger charge is 2.54. The van der Waals surface area contributed by atoms with Crippen LogP contribution >= 0.6 is 11.6 Å². The first-order chi connectivity index (χ1) is 18.7. The minimum absolute atomic E-state index is 0.00528. The van der Waals surface area contributed by atoms with E-state index >= 15 is 0 Å².